The molecule has 0 saturated heterocycles. The van der Waals surface area contributed by atoms with Crippen molar-refractivity contribution in [1.82, 2.24) is 4.90 Å². The Labute approximate surface area is 256 Å². The lowest BCUT2D eigenvalue weighted by Crippen LogP contribution is -2.34. The smallest absolute Gasteiger partial charge is 0.335 e. The molecule has 2 amide bonds. The van der Waals surface area contributed by atoms with Crippen molar-refractivity contribution < 1.29 is 33.7 Å². The number of amides is 2. The van der Waals surface area contributed by atoms with E-state index in [1.807, 2.05) is 78.9 Å². The third kappa shape index (κ3) is 5.81. The Bertz CT molecular complexity index is 1600. The highest BCUT2D eigenvalue weighted by molar-refractivity contribution is 6.21. The number of fused-ring (bicyclic) bond motifs is 1. The molecule has 0 atom stereocenters. The second-order valence-corrected chi connectivity index (χ2v) is 10.5. The van der Waals surface area contributed by atoms with Crippen LogP contribution in [0.3, 0.4) is 0 Å². The molecule has 0 unspecified atom stereocenters. The van der Waals surface area contributed by atoms with Gasteiger partial charge in [-0.3, -0.25) is 14.5 Å². The first-order valence-corrected chi connectivity index (χ1v) is 14.6. The Morgan fingerprint density at radius 1 is 0.705 bits per heavy atom. The van der Waals surface area contributed by atoms with Crippen LogP contribution >= 0.6 is 0 Å². The van der Waals surface area contributed by atoms with Gasteiger partial charge in [0, 0.05) is 24.3 Å². The standard InChI is InChI=1S/C36H35NO7/c1-42-31-18-10-8-16-29(31)36(26-14-6-5-7-15-26,30-17-9-11-19-32(30)43-2)44-23-13-4-3-12-22-37-33(38)27-21-20-25(35(40)41)24-28(27)34(37)39/h5-11,14-21,24H,3-4,12-13,22-23H2,1-2H3,(H,40,41). The van der Waals surface area contributed by atoms with E-state index in [4.69, 9.17) is 14.2 Å². The quantitative estimate of drug-likeness (QED) is 0.100. The number of nitrogens with zero attached hydrogens (tertiary/aromatic N) is 1. The van der Waals surface area contributed by atoms with Crippen LogP contribution in [0.1, 0.15) is 73.4 Å². The lowest BCUT2D eigenvalue weighted by Gasteiger charge is -2.37. The SMILES string of the molecule is COc1ccccc1C(OCCCCCCN1C(=O)c2ccc(C(=O)O)cc2C1=O)(c1ccccc1)c1ccccc1OC. The molecular formula is C36H35NO7. The number of carbonyl (C=O) groups is 3. The highest BCUT2D eigenvalue weighted by Crippen LogP contribution is 2.47. The van der Waals surface area contributed by atoms with Gasteiger partial charge in [-0.05, 0) is 48.7 Å². The summed E-state index contributed by atoms with van der Waals surface area (Å²) >= 11 is 0. The van der Waals surface area contributed by atoms with E-state index >= 15 is 0 Å². The van der Waals surface area contributed by atoms with Gasteiger partial charge in [0.15, 0.2) is 5.60 Å². The Morgan fingerprint density at radius 3 is 1.89 bits per heavy atom. The Hall–Kier alpha value is -4.95. The van der Waals surface area contributed by atoms with Crippen LogP contribution in [0, 0.1) is 0 Å². The van der Waals surface area contributed by atoms with E-state index in [9.17, 15) is 19.5 Å². The Kier molecular flexibility index (Phi) is 9.41. The van der Waals surface area contributed by atoms with Gasteiger partial charge in [-0.25, -0.2) is 4.79 Å². The van der Waals surface area contributed by atoms with Gasteiger partial charge in [-0.15, -0.1) is 0 Å². The van der Waals surface area contributed by atoms with Gasteiger partial charge in [0.1, 0.15) is 11.5 Å². The summed E-state index contributed by atoms with van der Waals surface area (Å²) in [5.41, 5.74) is 2.01. The molecular weight excluding hydrogens is 558 g/mol. The molecule has 8 heteroatoms. The molecule has 44 heavy (non-hydrogen) atoms. The minimum atomic E-state index is -1.14. The van der Waals surface area contributed by atoms with Gasteiger partial charge in [-0.2, -0.15) is 0 Å². The summed E-state index contributed by atoms with van der Waals surface area (Å²) < 4.78 is 18.6. The van der Waals surface area contributed by atoms with Gasteiger partial charge < -0.3 is 19.3 Å². The Balaban J connectivity index is 1.30. The molecule has 1 N–H and O–H groups in total. The van der Waals surface area contributed by atoms with Crippen LogP contribution < -0.4 is 9.47 Å². The summed E-state index contributed by atoms with van der Waals surface area (Å²) in [4.78, 5) is 38.1. The molecule has 5 rings (SSSR count). The third-order valence-electron chi connectivity index (χ3n) is 7.97. The molecule has 1 aliphatic heterocycles. The molecule has 0 radical (unpaired) electrons. The zero-order valence-electron chi connectivity index (χ0n) is 24.8. The van der Waals surface area contributed by atoms with E-state index in [2.05, 4.69) is 0 Å². The van der Waals surface area contributed by atoms with Crippen LogP contribution in [0.4, 0.5) is 0 Å². The summed E-state index contributed by atoms with van der Waals surface area (Å²) in [6.07, 6.45) is 2.96. The molecule has 0 spiro atoms. The first-order valence-electron chi connectivity index (χ1n) is 14.6. The predicted molar refractivity (Wildman–Crippen MR) is 166 cm³/mol. The highest BCUT2D eigenvalue weighted by atomic mass is 16.5. The summed E-state index contributed by atoms with van der Waals surface area (Å²) in [6, 6.07) is 29.7. The maximum Gasteiger partial charge on any atom is 0.335 e. The number of ether oxygens (including phenoxy) is 3. The molecule has 1 heterocycles. The van der Waals surface area contributed by atoms with Gasteiger partial charge in [0.05, 0.1) is 30.9 Å². The van der Waals surface area contributed by atoms with E-state index in [1.165, 1.54) is 23.1 Å². The number of carbonyl (C=O) groups excluding carboxylic acids is 2. The number of benzene rings is 4. The molecule has 0 aliphatic carbocycles. The fraction of sp³-hybridized carbons (Fsp3) is 0.250. The molecule has 226 valence electrons. The van der Waals surface area contributed by atoms with E-state index in [-0.39, 0.29) is 29.1 Å². The van der Waals surface area contributed by atoms with Crippen LogP contribution in [-0.2, 0) is 10.3 Å². The number of carboxylic acid groups (broad SMARTS) is 1. The molecule has 4 aromatic rings. The van der Waals surface area contributed by atoms with Crippen molar-refractivity contribution in [3.05, 3.63) is 130 Å². The summed E-state index contributed by atoms with van der Waals surface area (Å²) in [5.74, 6) is -0.581. The second-order valence-electron chi connectivity index (χ2n) is 10.5. The lowest BCUT2D eigenvalue weighted by molar-refractivity contribution is 0.00750. The van der Waals surface area contributed by atoms with Crippen molar-refractivity contribution in [3.8, 4) is 11.5 Å². The molecule has 0 aromatic heterocycles. The fourth-order valence-electron chi connectivity index (χ4n) is 5.82. The van der Waals surface area contributed by atoms with Crippen molar-refractivity contribution in [2.24, 2.45) is 0 Å². The van der Waals surface area contributed by atoms with Gasteiger partial charge >= 0.3 is 5.97 Å². The summed E-state index contributed by atoms with van der Waals surface area (Å²) in [7, 11) is 3.30. The number of carboxylic acids is 1. The van der Waals surface area contributed by atoms with Crippen LogP contribution in [0.15, 0.2) is 97.1 Å². The van der Waals surface area contributed by atoms with Gasteiger partial charge in [0.25, 0.3) is 11.8 Å². The normalized spacial score (nSPS) is 12.7. The molecule has 0 bridgehead atoms. The monoisotopic (exact) mass is 593 g/mol. The fourth-order valence-corrected chi connectivity index (χ4v) is 5.82. The molecule has 0 saturated carbocycles. The van der Waals surface area contributed by atoms with Crippen molar-refractivity contribution in [2.75, 3.05) is 27.4 Å². The first kappa shape index (κ1) is 30.5. The van der Waals surface area contributed by atoms with Crippen molar-refractivity contribution in [1.29, 1.82) is 0 Å². The number of hydrogen-bond donors (Lipinski definition) is 1. The van der Waals surface area contributed by atoms with E-state index < -0.39 is 17.5 Å². The minimum absolute atomic E-state index is 0.0143. The average Bonchev–Trinajstić information content (AvgIpc) is 3.30. The van der Waals surface area contributed by atoms with E-state index in [0.29, 0.717) is 24.5 Å². The first-order chi connectivity index (χ1) is 21.4. The van der Waals surface area contributed by atoms with Crippen molar-refractivity contribution in [3.63, 3.8) is 0 Å². The summed E-state index contributed by atoms with van der Waals surface area (Å²) in [6.45, 7) is 0.696. The van der Waals surface area contributed by atoms with Crippen LogP contribution in [-0.4, -0.2) is 55.2 Å². The molecule has 1 aliphatic rings. The Morgan fingerprint density at radius 2 is 1.27 bits per heavy atom. The van der Waals surface area contributed by atoms with E-state index in [1.54, 1.807) is 14.2 Å². The average molecular weight is 594 g/mol. The number of methoxy groups -OCH3 is 2. The largest absolute Gasteiger partial charge is 0.496 e. The zero-order valence-corrected chi connectivity index (χ0v) is 24.8. The maximum atomic E-state index is 12.8. The van der Waals surface area contributed by atoms with Crippen molar-refractivity contribution >= 4 is 17.8 Å². The molecule has 0 fully saturated rings. The molecule has 8 nitrogen and oxygen atoms in total. The number of imide groups is 1. The minimum Gasteiger partial charge on any atom is -0.496 e. The lowest BCUT2D eigenvalue weighted by atomic mass is 9.79. The number of aromatic carboxylic acids is 1. The highest BCUT2D eigenvalue weighted by Gasteiger charge is 2.42. The van der Waals surface area contributed by atoms with Crippen molar-refractivity contribution in [2.45, 2.75) is 31.3 Å². The van der Waals surface area contributed by atoms with Crippen LogP contribution in [0.2, 0.25) is 0 Å². The predicted octanol–water partition coefficient (Wildman–Crippen LogP) is 6.57. The number of unbranched alkanes of at least 4 members (excludes halogenated alkanes) is 3. The zero-order chi connectivity index (χ0) is 31.1. The number of hydrogen-bond acceptors (Lipinski definition) is 6. The molecule has 4 aromatic carbocycles. The van der Waals surface area contributed by atoms with Crippen LogP contribution in [0.5, 0.6) is 11.5 Å². The number of rotatable bonds is 14. The summed E-state index contributed by atoms with van der Waals surface area (Å²) in [5, 5.41) is 9.24. The number of para-hydroxylation sites is 2. The van der Waals surface area contributed by atoms with E-state index in [0.717, 1.165) is 36.0 Å². The van der Waals surface area contributed by atoms with Gasteiger partial charge in [-0.1, -0.05) is 79.6 Å². The van der Waals surface area contributed by atoms with Gasteiger partial charge in [0.2, 0.25) is 0 Å². The second kappa shape index (κ2) is 13.6. The topological polar surface area (TPSA) is 102 Å². The third-order valence-corrected chi connectivity index (χ3v) is 7.97. The van der Waals surface area contributed by atoms with Crippen LogP contribution in [0.25, 0.3) is 0 Å². The maximum absolute atomic E-state index is 12.8.